The molecule has 226 valence electrons. The summed E-state index contributed by atoms with van der Waals surface area (Å²) in [5, 5.41) is 28.3. The predicted octanol–water partition coefficient (Wildman–Crippen LogP) is 3.12. The number of hydrogen-bond acceptors (Lipinski definition) is 9. The maximum Gasteiger partial charge on any atom is 0.353 e. The number of thioether (sulfide) groups is 2. The molecule has 0 saturated carbocycles. The van der Waals surface area contributed by atoms with Gasteiger partial charge in [-0.2, -0.15) is 0 Å². The molecule has 2 amide bonds. The number of aliphatic hydroxyl groups is 1. The van der Waals surface area contributed by atoms with E-state index in [4.69, 9.17) is 11.5 Å². The van der Waals surface area contributed by atoms with E-state index in [1.807, 2.05) is 43.0 Å². The molecule has 8 N–H and O–H groups in total. The number of fused-ring (bicyclic) bond motifs is 2. The third-order valence-corrected chi connectivity index (χ3v) is 11.6. The minimum atomic E-state index is -1.07. The number of carbonyl (C=O) groups is 3. The number of β-lactam (4-membered cyclic amide) rings is 1. The van der Waals surface area contributed by atoms with Gasteiger partial charge in [0.05, 0.1) is 18.5 Å². The largest absolute Gasteiger partial charge is 0.477 e. The van der Waals surface area contributed by atoms with Gasteiger partial charge >= 0.3 is 5.97 Å². The van der Waals surface area contributed by atoms with Crippen LogP contribution in [0.15, 0.2) is 40.9 Å². The lowest BCUT2D eigenvalue weighted by molar-refractivity contribution is -0.157. The molecule has 2 aromatic carbocycles. The molecule has 3 heterocycles. The molecule has 0 bridgehead atoms. The number of aliphatic hydroxyl groups excluding tert-OH is 1. The molecule has 2 unspecified atom stereocenters. The third kappa shape index (κ3) is 5.62. The van der Waals surface area contributed by atoms with E-state index < -0.39 is 5.97 Å². The van der Waals surface area contributed by atoms with Gasteiger partial charge in [0.25, 0.3) is 0 Å². The van der Waals surface area contributed by atoms with E-state index in [-0.39, 0.29) is 70.3 Å². The van der Waals surface area contributed by atoms with Gasteiger partial charge in [0, 0.05) is 62.5 Å². The van der Waals surface area contributed by atoms with E-state index in [0.717, 1.165) is 34.2 Å². The van der Waals surface area contributed by atoms with Crippen LogP contribution >= 0.6 is 23.5 Å². The lowest BCUT2D eigenvalue weighted by Crippen LogP contribution is -2.60. The summed E-state index contributed by atoms with van der Waals surface area (Å²) < 4.78 is 0. The molecule has 10 nitrogen and oxygen atoms in total. The quantitative estimate of drug-likeness (QED) is 0.163. The summed E-state index contributed by atoms with van der Waals surface area (Å²) in [4.78, 5) is 38.9. The van der Waals surface area contributed by atoms with Gasteiger partial charge in [-0.05, 0) is 48.9 Å². The smallest absolute Gasteiger partial charge is 0.353 e. The minimum Gasteiger partial charge on any atom is -0.477 e. The molecule has 42 heavy (non-hydrogen) atoms. The van der Waals surface area contributed by atoms with Crippen LogP contribution < -0.4 is 22.1 Å². The summed E-state index contributed by atoms with van der Waals surface area (Å²) in [7, 11) is 0. The number of carbonyl (C=O) groups excluding carboxylic acids is 2. The van der Waals surface area contributed by atoms with Crippen molar-refractivity contribution in [2.75, 3.05) is 30.7 Å². The van der Waals surface area contributed by atoms with Crippen LogP contribution in [-0.4, -0.2) is 75.2 Å². The molecule has 0 radical (unpaired) electrons. The van der Waals surface area contributed by atoms with Crippen LogP contribution in [0.5, 0.6) is 0 Å². The van der Waals surface area contributed by atoms with Crippen molar-refractivity contribution in [3.63, 3.8) is 0 Å². The van der Waals surface area contributed by atoms with Crippen molar-refractivity contribution in [2.45, 2.75) is 61.4 Å². The molecular formula is C30H39N5O5S2. The first-order valence-corrected chi connectivity index (χ1v) is 16.2. The summed E-state index contributed by atoms with van der Waals surface area (Å²) in [5.41, 5.74) is 14.5. The van der Waals surface area contributed by atoms with Crippen molar-refractivity contribution in [1.29, 1.82) is 0 Å². The van der Waals surface area contributed by atoms with Crippen molar-refractivity contribution in [2.24, 2.45) is 17.6 Å². The fourth-order valence-corrected chi connectivity index (χ4v) is 9.45. The number of rotatable bonds is 11. The zero-order chi connectivity index (χ0) is 30.3. The van der Waals surface area contributed by atoms with Gasteiger partial charge < -0.3 is 37.2 Å². The Morgan fingerprint density at radius 2 is 2.02 bits per heavy atom. The highest BCUT2D eigenvalue weighted by Crippen LogP contribution is 2.52. The number of anilines is 2. The van der Waals surface area contributed by atoms with Crippen molar-refractivity contribution in [1.82, 2.24) is 10.2 Å². The number of carboxylic acid groups (broad SMARTS) is 1. The average molecular weight is 614 g/mol. The van der Waals surface area contributed by atoms with Gasteiger partial charge in [0.1, 0.15) is 5.70 Å². The van der Waals surface area contributed by atoms with Crippen molar-refractivity contribution in [3.05, 3.63) is 46.5 Å². The lowest BCUT2D eigenvalue weighted by Gasteiger charge is -2.45. The summed E-state index contributed by atoms with van der Waals surface area (Å²) in [6, 6.07) is 9.80. The number of carboxylic acids is 1. The molecule has 2 saturated heterocycles. The molecule has 0 aromatic heterocycles. The Labute approximate surface area is 254 Å². The Kier molecular flexibility index (Phi) is 9.10. The van der Waals surface area contributed by atoms with Crippen molar-refractivity contribution < 1.29 is 24.6 Å². The number of benzene rings is 2. The Bertz CT molecular complexity index is 1430. The Hall–Kier alpha value is -2.77. The highest BCUT2D eigenvalue weighted by Gasteiger charge is 2.58. The molecule has 0 aliphatic carbocycles. The summed E-state index contributed by atoms with van der Waals surface area (Å²) in [6.07, 6.45) is 1.24. The van der Waals surface area contributed by atoms with E-state index >= 15 is 0 Å². The van der Waals surface area contributed by atoms with Gasteiger partial charge in [0.2, 0.25) is 11.8 Å². The molecule has 5 rings (SSSR count). The van der Waals surface area contributed by atoms with Crippen molar-refractivity contribution in [3.8, 4) is 0 Å². The molecule has 2 aromatic rings. The van der Waals surface area contributed by atoms with Gasteiger partial charge in [-0.15, -0.1) is 23.5 Å². The maximum absolute atomic E-state index is 12.7. The van der Waals surface area contributed by atoms with Gasteiger partial charge in [-0.25, -0.2) is 4.79 Å². The fraction of sp³-hybridized carbons (Fsp3) is 0.500. The Morgan fingerprint density at radius 3 is 2.71 bits per heavy atom. The first kappa shape index (κ1) is 30.7. The van der Waals surface area contributed by atoms with E-state index in [2.05, 4.69) is 30.5 Å². The Morgan fingerprint density at radius 1 is 1.26 bits per heavy atom. The van der Waals surface area contributed by atoms with Crippen LogP contribution in [-0.2, 0) is 14.4 Å². The molecule has 3 aliphatic heterocycles. The fourth-order valence-electron chi connectivity index (χ4n) is 6.57. The van der Waals surface area contributed by atoms with Crippen LogP contribution in [0.3, 0.4) is 0 Å². The van der Waals surface area contributed by atoms with Crippen LogP contribution in [0, 0.1) is 11.8 Å². The minimum absolute atomic E-state index is 0.0683. The number of nitrogens with two attached hydrogens (primary N) is 2. The summed E-state index contributed by atoms with van der Waals surface area (Å²) in [5.74, 6) is -1.90. The number of nitrogens with one attached hydrogen (secondary N) is 2. The van der Waals surface area contributed by atoms with E-state index in [0.29, 0.717) is 17.8 Å². The summed E-state index contributed by atoms with van der Waals surface area (Å²) >= 11 is 3.43. The van der Waals surface area contributed by atoms with Crippen molar-refractivity contribution >= 4 is 63.5 Å². The first-order chi connectivity index (χ1) is 20.0. The molecule has 0 spiro atoms. The number of hydrogen-bond donors (Lipinski definition) is 6. The molecule has 7 atom stereocenters. The molecule has 2 fully saturated rings. The molecule has 3 aliphatic rings. The van der Waals surface area contributed by atoms with E-state index in [1.54, 1.807) is 11.8 Å². The van der Waals surface area contributed by atoms with Gasteiger partial charge in [-0.1, -0.05) is 26.0 Å². The zero-order valence-electron chi connectivity index (χ0n) is 24.0. The number of nitrogen functional groups attached to an aromatic ring is 1. The lowest BCUT2D eigenvalue weighted by atomic mass is 9.80. The maximum atomic E-state index is 12.7. The second-order valence-electron chi connectivity index (χ2n) is 11.4. The second kappa shape index (κ2) is 12.5. The number of aliphatic carboxylic acids is 1. The highest BCUT2D eigenvalue weighted by molar-refractivity contribution is 8.03. The standard InChI is InChI=1S/C30H39N5O5S2/c1-14-26-19(7-8-36)29(38)35(26)27(30(39)40)28(14)42-18-10-24(33-13-18)16(3)41-15(2)20-9-17-5-4-6-23(34-25(37)12-31)21(17)11-22(20)32/h4-6,9,11,14-16,18-19,24,26,33,36H,7-8,10,12-13,31-32H2,1-3H3,(H,34,37)(H,39,40)/t14-,15?,16?,18+,19+,24+,26-/m1/s1. The van der Waals surface area contributed by atoms with Gasteiger partial charge in [-0.3, -0.25) is 9.59 Å². The van der Waals surface area contributed by atoms with E-state index in [1.165, 1.54) is 4.90 Å². The summed E-state index contributed by atoms with van der Waals surface area (Å²) in [6.45, 7) is 6.92. The number of nitrogens with zero attached hydrogens (tertiary/aromatic N) is 1. The van der Waals surface area contributed by atoms with Crippen LogP contribution in [0.1, 0.15) is 44.4 Å². The Balaban J connectivity index is 1.24. The molecular weight excluding hydrogens is 574 g/mol. The first-order valence-electron chi connectivity index (χ1n) is 14.3. The highest BCUT2D eigenvalue weighted by atomic mass is 32.2. The third-order valence-electron chi connectivity index (χ3n) is 8.69. The normalized spacial score (nSPS) is 26.7. The number of amides is 2. The average Bonchev–Trinajstić information content (AvgIpc) is 3.53. The van der Waals surface area contributed by atoms with Crippen LogP contribution in [0.2, 0.25) is 0 Å². The SMILES string of the molecule is CC(SC(C)[C@@H]1C[C@H](SC2=C(C(=O)O)N3C(=O)[C@@H](CCO)[C@H]3[C@H]2C)CN1)c1cc2cccc(NC(=O)CN)c2cc1N. The second-order valence-corrected chi connectivity index (χ2v) is 14.4. The molecule has 12 heteroatoms. The van der Waals surface area contributed by atoms with E-state index in [9.17, 15) is 24.6 Å². The monoisotopic (exact) mass is 613 g/mol. The zero-order valence-corrected chi connectivity index (χ0v) is 25.6. The van der Waals surface area contributed by atoms with Crippen LogP contribution in [0.25, 0.3) is 10.8 Å². The topological polar surface area (TPSA) is 171 Å². The van der Waals surface area contributed by atoms with Gasteiger partial charge in [0.15, 0.2) is 0 Å². The predicted molar refractivity (Wildman–Crippen MR) is 169 cm³/mol. The van der Waals surface area contributed by atoms with Crippen LogP contribution in [0.4, 0.5) is 11.4 Å².